The molecule has 0 bridgehead atoms. The Morgan fingerprint density at radius 2 is 2.05 bits per heavy atom. The summed E-state index contributed by atoms with van der Waals surface area (Å²) in [6, 6.07) is 3.33. The first-order chi connectivity index (χ1) is 8.93. The molecular formula is C13H18Cl2N2O2. The standard InChI is InChI=1S/C13H18Cl2N2O2/c1-8(2)17-13(18)16-5-4-9-6-10(14)7-11(15)12(9)19-3/h6-8H,4-5H2,1-3H3,(H2,16,17,18). The van der Waals surface area contributed by atoms with Crippen molar-refractivity contribution in [3.05, 3.63) is 27.7 Å². The zero-order chi connectivity index (χ0) is 14.4. The molecule has 0 fully saturated rings. The van der Waals surface area contributed by atoms with Gasteiger partial charge in [0.2, 0.25) is 0 Å². The van der Waals surface area contributed by atoms with E-state index in [2.05, 4.69) is 10.6 Å². The van der Waals surface area contributed by atoms with Gasteiger partial charge in [0.1, 0.15) is 5.75 Å². The number of methoxy groups -OCH3 is 1. The van der Waals surface area contributed by atoms with E-state index in [-0.39, 0.29) is 12.1 Å². The topological polar surface area (TPSA) is 50.4 Å². The van der Waals surface area contributed by atoms with Crippen LogP contribution in [0.4, 0.5) is 4.79 Å². The van der Waals surface area contributed by atoms with E-state index in [0.29, 0.717) is 28.8 Å². The highest BCUT2D eigenvalue weighted by atomic mass is 35.5. The van der Waals surface area contributed by atoms with E-state index in [4.69, 9.17) is 27.9 Å². The van der Waals surface area contributed by atoms with Crippen LogP contribution in [0.25, 0.3) is 0 Å². The van der Waals surface area contributed by atoms with Gasteiger partial charge < -0.3 is 15.4 Å². The van der Waals surface area contributed by atoms with Crippen LogP contribution in [0.2, 0.25) is 10.0 Å². The summed E-state index contributed by atoms with van der Waals surface area (Å²) in [6.07, 6.45) is 0.592. The van der Waals surface area contributed by atoms with Gasteiger partial charge in [0, 0.05) is 17.6 Å². The lowest BCUT2D eigenvalue weighted by Crippen LogP contribution is -2.40. The monoisotopic (exact) mass is 304 g/mol. The number of hydrogen-bond acceptors (Lipinski definition) is 2. The second kappa shape index (κ2) is 7.46. The molecular weight excluding hydrogens is 287 g/mol. The largest absolute Gasteiger partial charge is 0.495 e. The minimum atomic E-state index is -0.193. The fourth-order valence-corrected chi connectivity index (χ4v) is 2.26. The number of halogens is 2. The zero-order valence-corrected chi connectivity index (χ0v) is 12.7. The molecule has 0 aromatic heterocycles. The van der Waals surface area contributed by atoms with Gasteiger partial charge in [0.25, 0.3) is 0 Å². The Kier molecular flexibility index (Phi) is 6.25. The normalized spacial score (nSPS) is 10.4. The van der Waals surface area contributed by atoms with Gasteiger partial charge in [0.15, 0.2) is 0 Å². The maximum Gasteiger partial charge on any atom is 0.314 e. The van der Waals surface area contributed by atoms with Crippen molar-refractivity contribution in [1.29, 1.82) is 0 Å². The van der Waals surface area contributed by atoms with Crippen LogP contribution >= 0.6 is 23.2 Å². The van der Waals surface area contributed by atoms with Crippen LogP contribution in [0, 0.1) is 0 Å². The van der Waals surface area contributed by atoms with Gasteiger partial charge in [-0.2, -0.15) is 0 Å². The average Bonchev–Trinajstić information content (AvgIpc) is 2.27. The van der Waals surface area contributed by atoms with Crippen LogP contribution in [0.5, 0.6) is 5.75 Å². The molecule has 106 valence electrons. The van der Waals surface area contributed by atoms with E-state index in [0.717, 1.165) is 5.56 Å². The van der Waals surface area contributed by atoms with E-state index in [9.17, 15) is 4.79 Å². The minimum Gasteiger partial charge on any atom is -0.495 e. The molecule has 0 aliphatic rings. The van der Waals surface area contributed by atoms with Gasteiger partial charge >= 0.3 is 6.03 Å². The van der Waals surface area contributed by atoms with Gasteiger partial charge in [0.05, 0.1) is 12.1 Å². The first kappa shape index (κ1) is 15.9. The minimum absolute atomic E-state index is 0.107. The number of benzene rings is 1. The Morgan fingerprint density at radius 1 is 1.37 bits per heavy atom. The predicted octanol–water partition coefficient (Wildman–Crippen LogP) is 3.25. The van der Waals surface area contributed by atoms with Crippen molar-refractivity contribution in [3.8, 4) is 5.75 Å². The third kappa shape index (κ3) is 5.17. The van der Waals surface area contributed by atoms with Crippen LogP contribution in [0.15, 0.2) is 12.1 Å². The Morgan fingerprint density at radius 3 is 2.63 bits per heavy atom. The second-order valence-corrected chi connectivity index (χ2v) is 5.23. The summed E-state index contributed by atoms with van der Waals surface area (Å²) in [6.45, 7) is 4.28. The summed E-state index contributed by atoms with van der Waals surface area (Å²) in [5.74, 6) is 0.595. The van der Waals surface area contributed by atoms with E-state index in [1.165, 1.54) is 0 Å². The molecule has 4 nitrogen and oxygen atoms in total. The maximum atomic E-state index is 11.4. The predicted molar refractivity (Wildman–Crippen MR) is 78.4 cm³/mol. The van der Waals surface area contributed by atoms with Gasteiger partial charge in [-0.3, -0.25) is 0 Å². The number of urea groups is 1. The van der Waals surface area contributed by atoms with Crippen LogP contribution < -0.4 is 15.4 Å². The van der Waals surface area contributed by atoms with Crippen molar-refractivity contribution >= 4 is 29.2 Å². The Bertz CT molecular complexity index is 451. The number of hydrogen-bond donors (Lipinski definition) is 2. The lowest BCUT2D eigenvalue weighted by Gasteiger charge is -2.13. The van der Waals surface area contributed by atoms with E-state index >= 15 is 0 Å². The van der Waals surface area contributed by atoms with Gasteiger partial charge in [-0.15, -0.1) is 0 Å². The number of carbonyl (C=O) groups is 1. The van der Waals surface area contributed by atoms with E-state index in [1.54, 1.807) is 19.2 Å². The van der Waals surface area contributed by atoms with Gasteiger partial charge in [-0.1, -0.05) is 23.2 Å². The zero-order valence-electron chi connectivity index (χ0n) is 11.2. The first-order valence-corrected chi connectivity index (χ1v) is 6.76. The third-order valence-electron chi connectivity index (χ3n) is 2.39. The third-order valence-corrected chi connectivity index (χ3v) is 2.89. The van der Waals surface area contributed by atoms with E-state index < -0.39 is 0 Å². The summed E-state index contributed by atoms with van der Waals surface area (Å²) in [4.78, 5) is 11.4. The molecule has 1 rings (SSSR count). The highest BCUT2D eigenvalue weighted by molar-refractivity contribution is 6.35. The number of carbonyl (C=O) groups excluding carboxylic acids is 1. The number of amides is 2. The number of ether oxygens (including phenoxy) is 1. The molecule has 1 aromatic rings. The summed E-state index contributed by atoms with van der Waals surface area (Å²) in [5, 5.41) is 6.53. The molecule has 0 saturated heterocycles. The molecule has 19 heavy (non-hydrogen) atoms. The number of nitrogens with one attached hydrogen (secondary N) is 2. The SMILES string of the molecule is COc1c(Cl)cc(Cl)cc1CCNC(=O)NC(C)C. The molecule has 0 aliphatic heterocycles. The molecule has 0 unspecified atom stereocenters. The van der Waals surface area contributed by atoms with Gasteiger partial charge in [-0.05, 0) is 38.0 Å². The Hall–Kier alpha value is -1.13. The molecule has 2 amide bonds. The highest BCUT2D eigenvalue weighted by Gasteiger charge is 2.10. The molecule has 0 saturated carbocycles. The summed E-state index contributed by atoms with van der Waals surface area (Å²) >= 11 is 12.0. The van der Waals surface area contributed by atoms with Crippen molar-refractivity contribution in [2.45, 2.75) is 26.3 Å². The lowest BCUT2D eigenvalue weighted by molar-refractivity contribution is 0.238. The van der Waals surface area contributed by atoms with Crippen molar-refractivity contribution < 1.29 is 9.53 Å². The van der Waals surface area contributed by atoms with Crippen LogP contribution in [-0.2, 0) is 6.42 Å². The smallest absolute Gasteiger partial charge is 0.314 e. The van der Waals surface area contributed by atoms with Gasteiger partial charge in [-0.25, -0.2) is 4.79 Å². The fraction of sp³-hybridized carbons (Fsp3) is 0.462. The van der Waals surface area contributed by atoms with Crippen molar-refractivity contribution in [1.82, 2.24) is 10.6 Å². The summed E-state index contributed by atoms with van der Waals surface area (Å²) < 4.78 is 5.23. The second-order valence-electron chi connectivity index (χ2n) is 4.38. The summed E-state index contributed by atoms with van der Waals surface area (Å²) in [7, 11) is 1.55. The van der Waals surface area contributed by atoms with Crippen LogP contribution in [0.1, 0.15) is 19.4 Å². The molecule has 1 aromatic carbocycles. The van der Waals surface area contributed by atoms with Crippen molar-refractivity contribution in [2.75, 3.05) is 13.7 Å². The maximum absolute atomic E-state index is 11.4. The quantitative estimate of drug-likeness (QED) is 0.877. The average molecular weight is 305 g/mol. The van der Waals surface area contributed by atoms with Crippen LogP contribution in [-0.4, -0.2) is 25.7 Å². The molecule has 6 heteroatoms. The first-order valence-electron chi connectivity index (χ1n) is 6.00. The molecule has 0 heterocycles. The molecule has 0 aliphatic carbocycles. The molecule has 0 atom stereocenters. The summed E-state index contributed by atoms with van der Waals surface area (Å²) in [5.41, 5.74) is 0.866. The lowest BCUT2D eigenvalue weighted by atomic mass is 10.1. The highest BCUT2D eigenvalue weighted by Crippen LogP contribution is 2.32. The van der Waals surface area contributed by atoms with Crippen molar-refractivity contribution in [2.24, 2.45) is 0 Å². The number of rotatable bonds is 5. The Labute approximate surface area is 123 Å². The van der Waals surface area contributed by atoms with Crippen molar-refractivity contribution in [3.63, 3.8) is 0 Å². The Balaban J connectivity index is 2.60. The van der Waals surface area contributed by atoms with Crippen LogP contribution in [0.3, 0.4) is 0 Å². The van der Waals surface area contributed by atoms with E-state index in [1.807, 2.05) is 13.8 Å². The fourth-order valence-electron chi connectivity index (χ4n) is 1.65. The molecule has 0 spiro atoms. The molecule has 0 radical (unpaired) electrons. The molecule has 2 N–H and O–H groups in total.